The first-order valence-electron chi connectivity index (χ1n) is 4.12. The summed E-state index contributed by atoms with van der Waals surface area (Å²) in [5.74, 6) is 0.847. The van der Waals surface area contributed by atoms with Crippen molar-refractivity contribution in [2.45, 2.75) is 25.7 Å². The van der Waals surface area contributed by atoms with E-state index in [1.165, 1.54) is 25.7 Å². The molecule has 0 aromatic heterocycles. The highest BCUT2D eigenvalue weighted by Gasteiger charge is 2.13. The molecule has 0 spiro atoms. The molecule has 0 aliphatic heterocycles. The summed E-state index contributed by atoms with van der Waals surface area (Å²) >= 11 is 0. The lowest BCUT2D eigenvalue weighted by molar-refractivity contribution is 0.125. The van der Waals surface area contributed by atoms with Crippen LogP contribution >= 0.6 is 0 Å². The average Bonchev–Trinajstić information content (AvgIpc) is 2.41. The summed E-state index contributed by atoms with van der Waals surface area (Å²) in [5, 5.41) is 0. The summed E-state index contributed by atoms with van der Waals surface area (Å²) in [6.07, 6.45) is 7.37. The maximum atomic E-state index is 5.35. The van der Waals surface area contributed by atoms with E-state index in [0.29, 0.717) is 0 Å². The van der Waals surface area contributed by atoms with E-state index >= 15 is 0 Å². The first kappa shape index (κ1) is 7.80. The van der Waals surface area contributed by atoms with Crippen LogP contribution in [0.2, 0.25) is 0 Å². The van der Waals surface area contributed by atoms with Gasteiger partial charge in [-0.05, 0) is 18.8 Å². The average molecular weight is 140 g/mol. The van der Waals surface area contributed by atoms with E-state index in [4.69, 9.17) is 4.74 Å². The second-order valence-electron chi connectivity index (χ2n) is 2.98. The fourth-order valence-electron chi connectivity index (χ4n) is 1.50. The van der Waals surface area contributed by atoms with Gasteiger partial charge in [-0.3, -0.25) is 0 Å². The van der Waals surface area contributed by atoms with Crippen molar-refractivity contribution in [1.29, 1.82) is 0 Å². The Labute approximate surface area is 63.1 Å². The molecule has 1 nitrogen and oxygen atoms in total. The van der Waals surface area contributed by atoms with Gasteiger partial charge in [-0.15, -0.1) is 6.58 Å². The Hall–Kier alpha value is -0.300. The molecule has 0 heterocycles. The van der Waals surface area contributed by atoms with Crippen molar-refractivity contribution in [3.63, 3.8) is 0 Å². The Balaban J connectivity index is 1.96. The summed E-state index contributed by atoms with van der Waals surface area (Å²) in [5.41, 5.74) is 0. The van der Waals surface area contributed by atoms with Crippen molar-refractivity contribution in [2.24, 2.45) is 5.92 Å². The molecule has 1 heteroatoms. The first-order valence-corrected chi connectivity index (χ1v) is 4.12. The molecule has 1 aliphatic rings. The predicted octanol–water partition coefficient (Wildman–Crippen LogP) is 2.38. The minimum Gasteiger partial charge on any atom is -0.377 e. The van der Waals surface area contributed by atoms with E-state index in [1.807, 2.05) is 6.08 Å². The molecule has 1 fully saturated rings. The highest BCUT2D eigenvalue weighted by Crippen LogP contribution is 2.24. The molecule has 1 aliphatic carbocycles. The van der Waals surface area contributed by atoms with Crippen LogP contribution < -0.4 is 0 Å². The van der Waals surface area contributed by atoms with E-state index in [9.17, 15) is 0 Å². The minimum atomic E-state index is 0.719. The molecule has 0 radical (unpaired) electrons. The molecule has 0 unspecified atom stereocenters. The largest absolute Gasteiger partial charge is 0.377 e. The van der Waals surface area contributed by atoms with Crippen LogP contribution in [0.15, 0.2) is 12.7 Å². The Bertz CT molecular complexity index is 92.9. The first-order chi connectivity index (χ1) is 4.93. The van der Waals surface area contributed by atoms with Gasteiger partial charge in [0, 0.05) is 6.61 Å². The molecule has 0 N–H and O–H groups in total. The second kappa shape index (κ2) is 4.51. The molecule has 0 aromatic carbocycles. The van der Waals surface area contributed by atoms with Gasteiger partial charge in [-0.25, -0.2) is 0 Å². The van der Waals surface area contributed by atoms with Crippen molar-refractivity contribution < 1.29 is 4.74 Å². The lowest BCUT2D eigenvalue weighted by atomic mass is 10.1. The second-order valence-corrected chi connectivity index (χ2v) is 2.98. The van der Waals surface area contributed by atoms with Gasteiger partial charge in [0.15, 0.2) is 0 Å². The van der Waals surface area contributed by atoms with Crippen molar-refractivity contribution in [3.8, 4) is 0 Å². The van der Waals surface area contributed by atoms with Gasteiger partial charge in [-0.1, -0.05) is 18.9 Å². The van der Waals surface area contributed by atoms with Crippen LogP contribution in [-0.4, -0.2) is 13.2 Å². The van der Waals surface area contributed by atoms with E-state index in [-0.39, 0.29) is 0 Å². The fourth-order valence-corrected chi connectivity index (χ4v) is 1.50. The van der Waals surface area contributed by atoms with Gasteiger partial charge in [0.25, 0.3) is 0 Å². The Kier molecular flexibility index (Phi) is 3.52. The van der Waals surface area contributed by atoms with Crippen molar-refractivity contribution in [2.75, 3.05) is 13.2 Å². The maximum Gasteiger partial charge on any atom is 0.0644 e. The molecule has 0 saturated heterocycles. The van der Waals surface area contributed by atoms with Crippen LogP contribution in [0.1, 0.15) is 25.7 Å². The van der Waals surface area contributed by atoms with Gasteiger partial charge in [0.2, 0.25) is 0 Å². The molecule has 1 rings (SSSR count). The van der Waals surface area contributed by atoms with Crippen LogP contribution in [0.5, 0.6) is 0 Å². The number of hydrogen-bond acceptors (Lipinski definition) is 1. The number of ether oxygens (including phenoxy) is 1. The zero-order valence-corrected chi connectivity index (χ0v) is 6.51. The highest BCUT2D eigenvalue weighted by atomic mass is 16.5. The van der Waals surface area contributed by atoms with Crippen LogP contribution in [0.3, 0.4) is 0 Å². The molecule has 0 aromatic rings. The zero-order valence-electron chi connectivity index (χ0n) is 6.51. The summed E-state index contributed by atoms with van der Waals surface area (Å²) in [6, 6.07) is 0. The van der Waals surface area contributed by atoms with Gasteiger partial charge >= 0.3 is 0 Å². The van der Waals surface area contributed by atoms with E-state index in [1.54, 1.807) is 0 Å². The molecule has 0 atom stereocenters. The molecule has 10 heavy (non-hydrogen) atoms. The summed E-state index contributed by atoms with van der Waals surface area (Å²) in [7, 11) is 0. The summed E-state index contributed by atoms with van der Waals surface area (Å²) in [6.45, 7) is 5.27. The Morgan fingerprint density at radius 1 is 1.40 bits per heavy atom. The minimum absolute atomic E-state index is 0.719. The maximum absolute atomic E-state index is 5.35. The third kappa shape index (κ3) is 2.53. The highest BCUT2D eigenvalue weighted by molar-refractivity contribution is 4.68. The van der Waals surface area contributed by atoms with Crippen LogP contribution in [0.25, 0.3) is 0 Å². The lowest BCUT2D eigenvalue weighted by Gasteiger charge is -2.06. The van der Waals surface area contributed by atoms with Crippen molar-refractivity contribution >= 4 is 0 Å². The fraction of sp³-hybridized carbons (Fsp3) is 0.778. The van der Waals surface area contributed by atoms with E-state index < -0.39 is 0 Å². The third-order valence-electron chi connectivity index (χ3n) is 2.06. The lowest BCUT2D eigenvalue weighted by Crippen LogP contribution is -2.04. The molecular formula is C9H16O. The van der Waals surface area contributed by atoms with Gasteiger partial charge < -0.3 is 4.74 Å². The number of hydrogen-bond donors (Lipinski definition) is 0. The molecule has 1 saturated carbocycles. The van der Waals surface area contributed by atoms with Crippen LogP contribution in [0.4, 0.5) is 0 Å². The molecule has 0 amide bonds. The molecular weight excluding hydrogens is 124 g/mol. The summed E-state index contributed by atoms with van der Waals surface area (Å²) in [4.78, 5) is 0. The smallest absolute Gasteiger partial charge is 0.0644 e. The van der Waals surface area contributed by atoms with Crippen LogP contribution in [-0.2, 0) is 4.74 Å². The third-order valence-corrected chi connectivity index (χ3v) is 2.06. The standard InChI is InChI=1S/C9H16O/c1-2-7-10-8-9-5-3-4-6-9/h2,9H,1,3-8H2. The predicted molar refractivity (Wildman–Crippen MR) is 43.0 cm³/mol. The van der Waals surface area contributed by atoms with E-state index in [0.717, 1.165) is 19.1 Å². The van der Waals surface area contributed by atoms with Gasteiger partial charge in [0.05, 0.1) is 6.61 Å². The zero-order chi connectivity index (χ0) is 7.23. The molecule has 0 bridgehead atoms. The Morgan fingerprint density at radius 3 is 2.70 bits per heavy atom. The monoisotopic (exact) mass is 140 g/mol. The van der Waals surface area contributed by atoms with Crippen LogP contribution in [0, 0.1) is 5.92 Å². The Morgan fingerprint density at radius 2 is 2.10 bits per heavy atom. The van der Waals surface area contributed by atoms with E-state index in [2.05, 4.69) is 6.58 Å². The van der Waals surface area contributed by atoms with Gasteiger partial charge in [0.1, 0.15) is 0 Å². The topological polar surface area (TPSA) is 9.23 Å². The van der Waals surface area contributed by atoms with Crippen molar-refractivity contribution in [3.05, 3.63) is 12.7 Å². The SMILES string of the molecule is C=CCOCC1CCCC1. The summed E-state index contributed by atoms with van der Waals surface area (Å²) < 4.78 is 5.35. The quantitative estimate of drug-likeness (QED) is 0.430. The normalized spacial score (nSPS) is 19.6. The molecule has 58 valence electrons. The van der Waals surface area contributed by atoms with Gasteiger partial charge in [-0.2, -0.15) is 0 Å². The number of rotatable bonds is 4. The van der Waals surface area contributed by atoms with Crippen molar-refractivity contribution in [1.82, 2.24) is 0 Å².